The molecule has 1 rings (SSSR count). The smallest absolute Gasteiger partial charge is 0.0393 e. The Morgan fingerprint density at radius 1 is 1.26 bits per heavy atom. The van der Waals surface area contributed by atoms with Crippen molar-refractivity contribution in [3.8, 4) is 0 Å². The number of hydrogen-bond acceptors (Lipinski definition) is 2. The van der Waals surface area contributed by atoms with Crippen molar-refractivity contribution in [2.75, 3.05) is 25.0 Å². The van der Waals surface area contributed by atoms with E-state index in [2.05, 4.69) is 63.2 Å². The SMILES string of the molecule is CCCNC(C)CCCN(C)c1ccc(C)cc1C. The Kier molecular flexibility index (Phi) is 6.93. The molecule has 0 aliphatic carbocycles. The third-order valence-corrected chi connectivity index (χ3v) is 3.64. The molecule has 2 nitrogen and oxygen atoms in total. The molecule has 0 aliphatic heterocycles. The summed E-state index contributed by atoms with van der Waals surface area (Å²) in [5.41, 5.74) is 4.08. The molecule has 0 heterocycles. The Balaban J connectivity index is 2.36. The minimum Gasteiger partial charge on any atom is -0.374 e. The number of hydrogen-bond donors (Lipinski definition) is 1. The van der Waals surface area contributed by atoms with E-state index in [-0.39, 0.29) is 0 Å². The zero-order valence-electron chi connectivity index (χ0n) is 13.3. The van der Waals surface area contributed by atoms with Crippen molar-refractivity contribution < 1.29 is 0 Å². The van der Waals surface area contributed by atoms with Gasteiger partial charge in [0.2, 0.25) is 0 Å². The van der Waals surface area contributed by atoms with Crippen LogP contribution in [0.25, 0.3) is 0 Å². The second-order valence-electron chi connectivity index (χ2n) is 5.71. The second kappa shape index (κ2) is 8.21. The van der Waals surface area contributed by atoms with Gasteiger partial charge >= 0.3 is 0 Å². The van der Waals surface area contributed by atoms with Gasteiger partial charge in [0, 0.05) is 25.3 Å². The van der Waals surface area contributed by atoms with Gasteiger partial charge in [-0.1, -0.05) is 24.6 Å². The number of anilines is 1. The van der Waals surface area contributed by atoms with Crippen LogP contribution in [0.1, 0.15) is 44.2 Å². The average Bonchev–Trinajstić information content (AvgIpc) is 2.36. The van der Waals surface area contributed by atoms with E-state index in [0.717, 1.165) is 13.1 Å². The maximum atomic E-state index is 3.55. The zero-order valence-corrected chi connectivity index (χ0v) is 13.3. The number of benzene rings is 1. The topological polar surface area (TPSA) is 15.3 Å². The molecule has 1 aromatic rings. The highest BCUT2D eigenvalue weighted by atomic mass is 15.1. The fourth-order valence-electron chi connectivity index (χ4n) is 2.48. The van der Waals surface area contributed by atoms with Crippen LogP contribution in [0, 0.1) is 13.8 Å². The van der Waals surface area contributed by atoms with E-state index in [1.165, 1.54) is 36.1 Å². The third-order valence-electron chi connectivity index (χ3n) is 3.64. The van der Waals surface area contributed by atoms with Crippen LogP contribution in [0.15, 0.2) is 18.2 Å². The quantitative estimate of drug-likeness (QED) is 0.764. The van der Waals surface area contributed by atoms with Crippen molar-refractivity contribution in [1.82, 2.24) is 5.32 Å². The molecule has 108 valence electrons. The van der Waals surface area contributed by atoms with Crippen LogP contribution < -0.4 is 10.2 Å². The predicted octanol–water partition coefficient (Wildman–Crippen LogP) is 3.91. The summed E-state index contributed by atoms with van der Waals surface area (Å²) in [7, 11) is 2.20. The van der Waals surface area contributed by atoms with Crippen LogP contribution in [-0.2, 0) is 0 Å². The fraction of sp³-hybridized carbons (Fsp3) is 0.647. The first kappa shape index (κ1) is 16.0. The van der Waals surface area contributed by atoms with E-state index in [9.17, 15) is 0 Å². The largest absolute Gasteiger partial charge is 0.374 e. The van der Waals surface area contributed by atoms with Gasteiger partial charge in [-0.2, -0.15) is 0 Å². The van der Waals surface area contributed by atoms with Gasteiger partial charge in [0.25, 0.3) is 0 Å². The van der Waals surface area contributed by atoms with Gasteiger partial charge in [-0.05, 0) is 58.2 Å². The van der Waals surface area contributed by atoms with Crippen LogP contribution >= 0.6 is 0 Å². The normalized spacial score (nSPS) is 12.5. The number of nitrogens with zero attached hydrogens (tertiary/aromatic N) is 1. The van der Waals surface area contributed by atoms with Crippen molar-refractivity contribution in [1.29, 1.82) is 0 Å². The summed E-state index contributed by atoms with van der Waals surface area (Å²) in [4.78, 5) is 2.38. The highest BCUT2D eigenvalue weighted by molar-refractivity contribution is 5.53. The van der Waals surface area contributed by atoms with Crippen LogP contribution in [0.4, 0.5) is 5.69 Å². The molecule has 1 aromatic carbocycles. The minimum absolute atomic E-state index is 0.632. The maximum absolute atomic E-state index is 3.55. The molecule has 0 aromatic heterocycles. The van der Waals surface area contributed by atoms with Crippen molar-refractivity contribution in [2.45, 2.75) is 53.0 Å². The summed E-state index contributed by atoms with van der Waals surface area (Å²) in [6, 6.07) is 7.33. The monoisotopic (exact) mass is 262 g/mol. The number of nitrogens with one attached hydrogen (secondary N) is 1. The van der Waals surface area contributed by atoms with Crippen LogP contribution in [0.3, 0.4) is 0 Å². The molecule has 1 unspecified atom stereocenters. The number of aryl methyl sites for hydroxylation is 2. The summed E-state index contributed by atoms with van der Waals surface area (Å²) in [6.45, 7) is 11.1. The Hall–Kier alpha value is -1.02. The maximum Gasteiger partial charge on any atom is 0.0393 e. The van der Waals surface area contributed by atoms with E-state index in [1.54, 1.807) is 0 Å². The third kappa shape index (κ3) is 5.65. The van der Waals surface area contributed by atoms with Gasteiger partial charge in [-0.25, -0.2) is 0 Å². The van der Waals surface area contributed by atoms with Gasteiger partial charge in [0.15, 0.2) is 0 Å². The van der Waals surface area contributed by atoms with Crippen molar-refractivity contribution in [2.24, 2.45) is 0 Å². The second-order valence-corrected chi connectivity index (χ2v) is 5.71. The first-order valence-electron chi connectivity index (χ1n) is 7.56. The molecule has 1 atom stereocenters. The van der Waals surface area contributed by atoms with Crippen molar-refractivity contribution in [3.05, 3.63) is 29.3 Å². The van der Waals surface area contributed by atoms with Gasteiger partial charge in [-0.15, -0.1) is 0 Å². The molecule has 2 heteroatoms. The van der Waals surface area contributed by atoms with Gasteiger partial charge in [0.1, 0.15) is 0 Å². The first-order chi connectivity index (χ1) is 9.04. The predicted molar refractivity (Wildman–Crippen MR) is 86.2 cm³/mol. The molecule has 0 bridgehead atoms. The molecule has 1 N–H and O–H groups in total. The lowest BCUT2D eigenvalue weighted by Crippen LogP contribution is -2.28. The minimum atomic E-state index is 0.632. The summed E-state index contributed by atoms with van der Waals surface area (Å²) in [5, 5.41) is 3.55. The molecular weight excluding hydrogens is 232 g/mol. The summed E-state index contributed by atoms with van der Waals surface area (Å²) in [6.07, 6.45) is 3.70. The molecular formula is C17H30N2. The molecule has 0 saturated heterocycles. The van der Waals surface area contributed by atoms with E-state index in [1.807, 2.05) is 0 Å². The van der Waals surface area contributed by atoms with Crippen molar-refractivity contribution in [3.63, 3.8) is 0 Å². The molecule has 0 spiro atoms. The lowest BCUT2D eigenvalue weighted by molar-refractivity contribution is 0.499. The van der Waals surface area contributed by atoms with E-state index in [4.69, 9.17) is 0 Å². The fourth-order valence-corrected chi connectivity index (χ4v) is 2.48. The Bertz CT molecular complexity index is 374. The standard InChI is InChI=1S/C17H30N2/c1-6-11-18-16(4)8-7-12-19(5)17-10-9-14(2)13-15(17)3/h9-10,13,16,18H,6-8,11-12H2,1-5H3. The highest BCUT2D eigenvalue weighted by Gasteiger charge is 2.06. The Morgan fingerprint density at radius 3 is 2.63 bits per heavy atom. The average molecular weight is 262 g/mol. The van der Waals surface area contributed by atoms with Gasteiger partial charge < -0.3 is 10.2 Å². The molecule has 19 heavy (non-hydrogen) atoms. The Morgan fingerprint density at radius 2 is 2.00 bits per heavy atom. The van der Waals surface area contributed by atoms with Crippen LogP contribution in [-0.4, -0.2) is 26.2 Å². The number of rotatable bonds is 8. The highest BCUT2D eigenvalue weighted by Crippen LogP contribution is 2.20. The first-order valence-corrected chi connectivity index (χ1v) is 7.56. The van der Waals surface area contributed by atoms with Crippen molar-refractivity contribution >= 4 is 5.69 Å². The molecule has 0 saturated carbocycles. The van der Waals surface area contributed by atoms with Gasteiger partial charge in [0.05, 0.1) is 0 Å². The van der Waals surface area contributed by atoms with Crippen LogP contribution in [0.5, 0.6) is 0 Å². The van der Waals surface area contributed by atoms with Gasteiger partial charge in [-0.3, -0.25) is 0 Å². The van der Waals surface area contributed by atoms with E-state index < -0.39 is 0 Å². The Labute approximate surface area is 119 Å². The summed E-state index contributed by atoms with van der Waals surface area (Å²) in [5.74, 6) is 0. The van der Waals surface area contributed by atoms with E-state index >= 15 is 0 Å². The summed E-state index contributed by atoms with van der Waals surface area (Å²) < 4.78 is 0. The zero-order chi connectivity index (χ0) is 14.3. The lowest BCUT2D eigenvalue weighted by Gasteiger charge is -2.23. The van der Waals surface area contributed by atoms with Crippen LogP contribution in [0.2, 0.25) is 0 Å². The van der Waals surface area contributed by atoms with E-state index in [0.29, 0.717) is 6.04 Å². The lowest BCUT2D eigenvalue weighted by atomic mass is 10.1. The molecule has 0 fully saturated rings. The summed E-state index contributed by atoms with van der Waals surface area (Å²) >= 11 is 0. The molecule has 0 radical (unpaired) electrons. The molecule has 0 amide bonds. The molecule has 0 aliphatic rings.